The first kappa shape index (κ1) is 32.3. The molecular weight excluding hydrogens is 570 g/mol. The number of primary amides is 1. The van der Waals surface area contributed by atoms with E-state index in [1.807, 2.05) is 26.0 Å². The molecule has 1 aliphatic rings. The van der Waals surface area contributed by atoms with E-state index in [9.17, 15) is 23.2 Å². The van der Waals surface area contributed by atoms with E-state index in [-0.39, 0.29) is 17.6 Å². The summed E-state index contributed by atoms with van der Waals surface area (Å²) in [5.74, 6) is -2.25. The van der Waals surface area contributed by atoms with Gasteiger partial charge in [0.15, 0.2) is 0 Å². The van der Waals surface area contributed by atoms with Gasteiger partial charge in [0, 0.05) is 62.7 Å². The van der Waals surface area contributed by atoms with Gasteiger partial charge in [-0.1, -0.05) is 19.4 Å². The molecule has 234 valence electrons. The maximum Gasteiger partial charge on any atom is 0.322 e. The lowest BCUT2D eigenvalue weighted by Gasteiger charge is -2.38. The van der Waals surface area contributed by atoms with Gasteiger partial charge in [-0.2, -0.15) is 0 Å². The monoisotopic (exact) mass is 608 g/mol. The Morgan fingerprint density at radius 1 is 1.07 bits per heavy atom. The zero-order valence-corrected chi connectivity index (χ0v) is 25.2. The molecule has 0 aliphatic carbocycles. The van der Waals surface area contributed by atoms with Crippen LogP contribution >= 0.6 is 0 Å². The number of hydrogen-bond donors (Lipinski definition) is 3. The largest absolute Gasteiger partial charge is 0.439 e. The van der Waals surface area contributed by atoms with Gasteiger partial charge in [0.25, 0.3) is 11.8 Å². The SMILES string of the molecule is CCCCN(C(=O)Nc1cc(C(N)=O)c(F)cc1F)C1CCN(Cc2ccc(Oc3ccc(C(=O)NC)cc3)nc2C)CC1. The Hall–Kier alpha value is -4.58. The number of anilines is 1. The number of halogens is 2. The minimum absolute atomic E-state index is 0.0679. The van der Waals surface area contributed by atoms with Crippen LogP contribution in [0.25, 0.3) is 0 Å². The van der Waals surface area contributed by atoms with Crippen LogP contribution in [0.1, 0.15) is 64.6 Å². The molecule has 0 unspecified atom stereocenters. The second-order valence-corrected chi connectivity index (χ2v) is 10.8. The van der Waals surface area contributed by atoms with Crippen LogP contribution in [0.4, 0.5) is 19.3 Å². The van der Waals surface area contributed by atoms with Gasteiger partial charge in [0.05, 0.1) is 11.3 Å². The fourth-order valence-corrected chi connectivity index (χ4v) is 5.16. The zero-order valence-electron chi connectivity index (χ0n) is 25.2. The molecule has 3 aromatic rings. The molecule has 44 heavy (non-hydrogen) atoms. The van der Waals surface area contributed by atoms with Crippen molar-refractivity contribution in [1.29, 1.82) is 0 Å². The average molecular weight is 609 g/mol. The molecule has 1 saturated heterocycles. The van der Waals surface area contributed by atoms with Gasteiger partial charge in [-0.15, -0.1) is 0 Å². The summed E-state index contributed by atoms with van der Waals surface area (Å²) in [5.41, 5.74) is 6.85. The highest BCUT2D eigenvalue weighted by Gasteiger charge is 2.29. The maximum atomic E-state index is 14.4. The summed E-state index contributed by atoms with van der Waals surface area (Å²) >= 11 is 0. The molecule has 4 rings (SSSR count). The molecule has 0 atom stereocenters. The normalized spacial score (nSPS) is 13.8. The van der Waals surface area contributed by atoms with Crippen molar-refractivity contribution in [1.82, 2.24) is 20.1 Å². The number of aryl methyl sites for hydroxylation is 1. The average Bonchev–Trinajstić information content (AvgIpc) is 3.00. The van der Waals surface area contributed by atoms with Crippen molar-refractivity contribution >= 4 is 23.5 Å². The molecule has 0 radical (unpaired) electrons. The number of urea groups is 1. The zero-order chi connectivity index (χ0) is 31.8. The van der Waals surface area contributed by atoms with Crippen molar-refractivity contribution < 1.29 is 27.9 Å². The number of nitrogens with two attached hydrogens (primary N) is 1. The molecular formula is C32H38F2N6O4. The fraction of sp³-hybridized carbons (Fsp3) is 0.375. The first-order valence-corrected chi connectivity index (χ1v) is 14.6. The predicted molar refractivity (Wildman–Crippen MR) is 163 cm³/mol. The summed E-state index contributed by atoms with van der Waals surface area (Å²) < 4.78 is 34.2. The number of carbonyl (C=O) groups excluding carboxylic acids is 3. The summed E-state index contributed by atoms with van der Waals surface area (Å²) in [6.07, 6.45) is 3.07. The first-order chi connectivity index (χ1) is 21.1. The van der Waals surface area contributed by atoms with Crippen LogP contribution in [0.15, 0.2) is 48.5 Å². The Kier molecular flexibility index (Phi) is 10.8. The van der Waals surface area contributed by atoms with E-state index in [1.54, 1.807) is 36.2 Å². The van der Waals surface area contributed by atoms with Gasteiger partial charge in [0.1, 0.15) is 17.4 Å². The molecule has 2 aromatic carbocycles. The van der Waals surface area contributed by atoms with Crippen LogP contribution in [0.5, 0.6) is 11.6 Å². The topological polar surface area (TPSA) is 130 Å². The van der Waals surface area contributed by atoms with Gasteiger partial charge >= 0.3 is 6.03 Å². The van der Waals surface area contributed by atoms with E-state index in [4.69, 9.17) is 10.5 Å². The number of benzene rings is 2. The number of ether oxygens (including phenoxy) is 1. The fourth-order valence-electron chi connectivity index (χ4n) is 5.16. The number of hydrogen-bond acceptors (Lipinski definition) is 6. The number of amides is 4. The van der Waals surface area contributed by atoms with E-state index in [0.29, 0.717) is 36.3 Å². The van der Waals surface area contributed by atoms with Gasteiger partial charge in [0.2, 0.25) is 5.88 Å². The van der Waals surface area contributed by atoms with Crippen molar-refractivity contribution in [3.8, 4) is 11.6 Å². The molecule has 1 fully saturated rings. The molecule has 4 amide bonds. The lowest BCUT2D eigenvalue weighted by atomic mass is 10.0. The predicted octanol–water partition coefficient (Wildman–Crippen LogP) is 5.22. The minimum Gasteiger partial charge on any atom is -0.439 e. The molecule has 1 aliphatic heterocycles. The number of unbranched alkanes of at least 4 members (excludes halogenated alkanes) is 1. The lowest BCUT2D eigenvalue weighted by molar-refractivity contribution is 0.0961. The maximum absolute atomic E-state index is 14.4. The molecule has 0 saturated carbocycles. The number of nitrogens with one attached hydrogen (secondary N) is 2. The Morgan fingerprint density at radius 2 is 1.77 bits per heavy atom. The second kappa shape index (κ2) is 14.7. The number of likely N-dealkylation sites (tertiary alicyclic amines) is 1. The van der Waals surface area contributed by atoms with E-state index in [0.717, 1.165) is 56.1 Å². The van der Waals surface area contributed by atoms with Crippen molar-refractivity contribution in [3.63, 3.8) is 0 Å². The Bertz CT molecular complexity index is 1490. The Balaban J connectivity index is 1.35. The minimum atomic E-state index is -1.08. The number of nitrogens with zero attached hydrogens (tertiary/aromatic N) is 3. The van der Waals surface area contributed by atoms with E-state index >= 15 is 0 Å². The molecule has 10 nitrogen and oxygen atoms in total. The number of piperidine rings is 1. The van der Waals surface area contributed by atoms with Crippen LogP contribution < -0.4 is 21.1 Å². The van der Waals surface area contributed by atoms with Crippen molar-refractivity contribution in [2.45, 2.75) is 52.1 Å². The van der Waals surface area contributed by atoms with Crippen LogP contribution in [0.2, 0.25) is 0 Å². The van der Waals surface area contributed by atoms with Crippen LogP contribution in [-0.4, -0.2) is 65.4 Å². The van der Waals surface area contributed by atoms with Gasteiger partial charge in [-0.25, -0.2) is 18.6 Å². The molecule has 12 heteroatoms. The van der Waals surface area contributed by atoms with Gasteiger partial charge < -0.3 is 26.0 Å². The molecule has 0 spiro atoms. The number of aromatic nitrogens is 1. The third kappa shape index (κ3) is 8.07. The van der Waals surface area contributed by atoms with Gasteiger partial charge in [-0.3, -0.25) is 14.5 Å². The van der Waals surface area contributed by atoms with E-state index < -0.39 is 29.1 Å². The van der Waals surface area contributed by atoms with Gasteiger partial charge in [-0.05, 0) is 62.1 Å². The Labute approximate surface area is 255 Å². The van der Waals surface area contributed by atoms with Crippen molar-refractivity contribution in [3.05, 3.63) is 82.5 Å². The first-order valence-electron chi connectivity index (χ1n) is 14.6. The number of rotatable bonds is 11. The third-order valence-corrected chi connectivity index (χ3v) is 7.70. The second-order valence-electron chi connectivity index (χ2n) is 10.8. The smallest absolute Gasteiger partial charge is 0.322 e. The molecule has 4 N–H and O–H groups in total. The standard InChI is InChI=1S/C32H38F2N6O4/c1-4-5-14-40(32(43)38-28-17-25(30(35)41)26(33)18-27(28)34)23-12-15-39(16-13-23)19-22-8-11-29(37-20(22)2)44-24-9-6-21(7-10-24)31(42)36-3/h6-11,17-18,23H,4-5,12-16,19H2,1-3H3,(H2,35,41)(H,36,42)(H,38,43). The highest BCUT2D eigenvalue weighted by atomic mass is 19.1. The summed E-state index contributed by atoms with van der Waals surface area (Å²) in [6, 6.07) is 11.5. The third-order valence-electron chi connectivity index (χ3n) is 7.70. The van der Waals surface area contributed by atoms with E-state index in [2.05, 4.69) is 20.5 Å². The van der Waals surface area contributed by atoms with Crippen LogP contribution in [-0.2, 0) is 6.54 Å². The van der Waals surface area contributed by atoms with Crippen molar-refractivity contribution in [2.24, 2.45) is 5.73 Å². The Morgan fingerprint density at radius 3 is 2.39 bits per heavy atom. The summed E-state index contributed by atoms with van der Waals surface area (Å²) in [7, 11) is 1.58. The molecule has 1 aromatic heterocycles. The van der Waals surface area contributed by atoms with Crippen molar-refractivity contribution in [2.75, 3.05) is 32.0 Å². The molecule has 2 heterocycles. The highest BCUT2D eigenvalue weighted by molar-refractivity contribution is 5.96. The summed E-state index contributed by atoms with van der Waals surface area (Å²) in [4.78, 5) is 45.1. The summed E-state index contributed by atoms with van der Waals surface area (Å²) in [6.45, 7) is 6.60. The quantitative estimate of drug-likeness (QED) is 0.274. The highest BCUT2D eigenvalue weighted by Crippen LogP contribution is 2.25. The summed E-state index contributed by atoms with van der Waals surface area (Å²) in [5, 5.41) is 5.10. The number of pyridine rings is 1. The van der Waals surface area contributed by atoms with Crippen LogP contribution in [0.3, 0.4) is 0 Å². The number of carbonyl (C=O) groups is 3. The van der Waals surface area contributed by atoms with E-state index in [1.165, 1.54) is 0 Å². The molecule has 0 bridgehead atoms. The lowest BCUT2D eigenvalue weighted by Crippen LogP contribution is -2.49. The van der Waals surface area contributed by atoms with Crippen LogP contribution in [0, 0.1) is 18.6 Å².